The second-order valence-corrected chi connectivity index (χ2v) is 8.19. The quantitative estimate of drug-likeness (QED) is 0.590. The molecule has 0 atom stereocenters. The van der Waals surface area contributed by atoms with Gasteiger partial charge in [0.1, 0.15) is 0 Å². The second-order valence-electron chi connectivity index (χ2n) is 7.26. The Kier molecular flexibility index (Phi) is 6.19. The van der Waals surface area contributed by atoms with Crippen LogP contribution in [0.2, 0.25) is 0 Å². The van der Waals surface area contributed by atoms with Gasteiger partial charge in [0.2, 0.25) is 5.91 Å². The van der Waals surface area contributed by atoms with E-state index >= 15 is 0 Å². The number of thiophene rings is 1. The van der Waals surface area contributed by atoms with Crippen molar-refractivity contribution in [3.8, 4) is 0 Å². The standard InChI is InChI=1S/C21H28N6OS/c1-22-21(26-12-10-25(11-13-26)20-3-2-14-29-20)24-15-17-4-6-18(7-5-17)27-9-8-23-19(28)16-27/h2-7,14H,8-13,15-16H2,1H3,(H,22,24)(H,23,28). The van der Waals surface area contributed by atoms with Crippen molar-refractivity contribution >= 4 is 33.9 Å². The van der Waals surface area contributed by atoms with Crippen LogP contribution in [0.3, 0.4) is 0 Å². The van der Waals surface area contributed by atoms with E-state index < -0.39 is 0 Å². The number of benzene rings is 1. The number of carbonyl (C=O) groups is 1. The van der Waals surface area contributed by atoms with Gasteiger partial charge in [-0.25, -0.2) is 0 Å². The molecule has 2 fully saturated rings. The summed E-state index contributed by atoms with van der Waals surface area (Å²) >= 11 is 1.80. The fraction of sp³-hybridized carbons (Fsp3) is 0.429. The van der Waals surface area contributed by atoms with E-state index in [0.717, 1.165) is 50.9 Å². The topological polar surface area (TPSA) is 63.2 Å². The number of aliphatic imine (C=N–C) groups is 1. The van der Waals surface area contributed by atoms with E-state index in [1.807, 2.05) is 7.05 Å². The van der Waals surface area contributed by atoms with Crippen molar-refractivity contribution in [3.63, 3.8) is 0 Å². The van der Waals surface area contributed by atoms with Crippen LogP contribution in [0, 0.1) is 0 Å². The first kappa shape index (κ1) is 19.6. The van der Waals surface area contributed by atoms with E-state index in [9.17, 15) is 4.79 Å². The number of amides is 1. The van der Waals surface area contributed by atoms with E-state index in [4.69, 9.17) is 0 Å². The molecule has 1 aromatic heterocycles. The molecule has 0 saturated carbocycles. The molecule has 2 saturated heterocycles. The van der Waals surface area contributed by atoms with Crippen molar-refractivity contribution in [2.45, 2.75) is 6.54 Å². The van der Waals surface area contributed by atoms with Gasteiger partial charge in [-0.1, -0.05) is 12.1 Å². The molecule has 0 bridgehead atoms. The van der Waals surface area contributed by atoms with E-state index in [1.54, 1.807) is 11.3 Å². The van der Waals surface area contributed by atoms with Gasteiger partial charge in [0.25, 0.3) is 0 Å². The van der Waals surface area contributed by atoms with Gasteiger partial charge in [-0.05, 0) is 35.2 Å². The molecule has 8 heteroatoms. The zero-order valence-electron chi connectivity index (χ0n) is 16.8. The summed E-state index contributed by atoms with van der Waals surface area (Å²) < 4.78 is 0. The Morgan fingerprint density at radius 2 is 1.90 bits per heavy atom. The van der Waals surface area contributed by atoms with Crippen LogP contribution in [0.1, 0.15) is 5.56 Å². The molecule has 0 unspecified atom stereocenters. The molecule has 0 spiro atoms. The smallest absolute Gasteiger partial charge is 0.239 e. The maximum atomic E-state index is 11.6. The van der Waals surface area contributed by atoms with Gasteiger partial charge in [-0.2, -0.15) is 0 Å². The maximum Gasteiger partial charge on any atom is 0.239 e. The van der Waals surface area contributed by atoms with Crippen molar-refractivity contribution in [1.29, 1.82) is 0 Å². The molecule has 4 rings (SSSR count). The highest BCUT2D eigenvalue weighted by molar-refractivity contribution is 7.14. The molecule has 7 nitrogen and oxygen atoms in total. The average molecular weight is 413 g/mol. The van der Waals surface area contributed by atoms with Crippen molar-refractivity contribution in [2.24, 2.45) is 4.99 Å². The van der Waals surface area contributed by atoms with E-state index in [2.05, 4.69) is 72.1 Å². The zero-order valence-corrected chi connectivity index (χ0v) is 17.6. The number of nitrogens with one attached hydrogen (secondary N) is 2. The summed E-state index contributed by atoms with van der Waals surface area (Å²) in [6, 6.07) is 12.7. The van der Waals surface area contributed by atoms with Crippen LogP contribution in [-0.2, 0) is 11.3 Å². The number of carbonyl (C=O) groups excluding carboxylic acids is 1. The SMILES string of the molecule is CN=C(NCc1ccc(N2CCNC(=O)C2)cc1)N1CCN(c2cccs2)CC1. The number of nitrogens with zero attached hydrogens (tertiary/aromatic N) is 4. The Hall–Kier alpha value is -2.74. The highest BCUT2D eigenvalue weighted by Gasteiger charge is 2.20. The van der Waals surface area contributed by atoms with E-state index in [-0.39, 0.29) is 5.91 Å². The predicted molar refractivity (Wildman–Crippen MR) is 120 cm³/mol. The first-order valence-electron chi connectivity index (χ1n) is 10.1. The first-order chi connectivity index (χ1) is 14.2. The summed E-state index contributed by atoms with van der Waals surface area (Å²) in [6.07, 6.45) is 0. The number of hydrogen-bond acceptors (Lipinski definition) is 5. The minimum Gasteiger partial charge on any atom is -0.360 e. The average Bonchev–Trinajstić information content (AvgIpc) is 3.30. The second kappa shape index (κ2) is 9.17. The number of piperazine rings is 2. The largest absolute Gasteiger partial charge is 0.360 e. The van der Waals surface area contributed by atoms with Crippen molar-refractivity contribution in [1.82, 2.24) is 15.5 Å². The molecule has 0 aliphatic carbocycles. The fourth-order valence-corrected chi connectivity index (χ4v) is 4.57. The Labute approximate surface area is 176 Å². The molecule has 154 valence electrons. The van der Waals surface area contributed by atoms with Gasteiger partial charge in [0.15, 0.2) is 5.96 Å². The molecule has 2 aromatic rings. The normalized spacial score (nSPS) is 18.0. The monoisotopic (exact) mass is 412 g/mol. The molecule has 0 radical (unpaired) electrons. The number of guanidine groups is 1. The Morgan fingerprint density at radius 3 is 2.55 bits per heavy atom. The first-order valence-corrected chi connectivity index (χ1v) is 11.0. The lowest BCUT2D eigenvalue weighted by Gasteiger charge is -2.37. The molecular formula is C21H28N6OS. The molecule has 1 aromatic carbocycles. The van der Waals surface area contributed by atoms with Gasteiger partial charge < -0.3 is 25.3 Å². The Bertz CT molecular complexity index is 827. The lowest BCUT2D eigenvalue weighted by molar-refractivity contribution is -0.120. The van der Waals surface area contributed by atoms with Gasteiger partial charge >= 0.3 is 0 Å². The van der Waals surface area contributed by atoms with E-state index in [1.165, 1.54) is 10.6 Å². The van der Waals surface area contributed by atoms with Gasteiger partial charge in [0.05, 0.1) is 11.5 Å². The summed E-state index contributed by atoms with van der Waals surface area (Å²) in [5.41, 5.74) is 2.30. The highest BCUT2D eigenvalue weighted by Crippen LogP contribution is 2.22. The van der Waals surface area contributed by atoms with Crippen LogP contribution in [0.25, 0.3) is 0 Å². The Balaban J connectivity index is 1.28. The summed E-state index contributed by atoms with van der Waals surface area (Å²) in [5.74, 6) is 1.04. The minimum atomic E-state index is 0.0879. The summed E-state index contributed by atoms with van der Waals surface area (Å²) in [4.78, 5) is 22.9. The van der Waals surface area contributed by atoms with Crippen LogP contribution in [0.5, 0.6) is 0 Å². The van der Waals surface area contributed by atoms with Crippen molar-refractivity contribution < 1.29 is 4.79 Å². The minimum absolute atomic E-state index is 0.0879. The predicted octanol–water partition coefficient (Wildman–Crippen LogP) is 1.58. The zero-order chi connectivity index (χ0) is 20.1. The third kappa shape index (κ3) is 4.82. The van der Waals surface area contributed by atoms with Crippen LogP contribution < -0.4 is 20.4 Å². The van der Waals surface area contributed by atoms with Crippen LogP contribution >= 0.6 is 11.3 Å². The summed E-state index contributed by atoms with van der Waals surface area (Å²) in [5, 5.41) is 9.84. The molecule has 3 heterocycles. The molecule has 2 aliphatic heterocycles. The van der Waals surface area contributed by atoms with Crippen LogP contribution in [0.15, 0.2) is 46.8 Å². The molecule has 2 aliphatic rings. The number of anilines is 2. The van der Waals surface area contributed by atoms with Crippen LogP contribution in [0.4, 0.5) is 10.7 Å². The van der Waals surface area contributed by atoms with Crippen molar-refractivity contribution in [2.75, 3.05) is 62.7 Å². The summed E-state index contributed by atoms with van der Waals surface area (Å²) in [6.45, 7) is 6.69. The number of hydrogen-bond donors (Lipinski definition) is 2. The van der Waals surface area contributed by atoms with Crippen molar-refractivity contribution in [3.05, 3.63) is 47.3 Å². The Morgan fingerprint density at radius 1 is 1.10 bits per heavy atom. The summed E-state index contributed by atoms with van der Waals surface area (Å²) in [7, 11) is 1.85. The molecule has 2 N–H and O–H groups in total. The molecule has 1 amide bonds. The molecular weight excluding hydrogens is 384 g/mol. The van der Waals surface area contributed by atoms with Crippen LogP contribution in [-0.4, -0.2) is 69.6 Å². The third-order valence-corrected chi connectivity index (χ3v) is 6.33. The number of rotatable bonds is 4. The van der Waals surface area contributed by atoms with Gasteiger partial charge in [-0.3, -0.25) is 9.79 Å². The maximum absolute atomic E-state index is 11.6. The van der Waals surface area contributed by atoms with Gasteiger partial charge in [0, 0.05) is 58.5 Å². The third-order valence-electron chi connectivity index (χ3n) is 5.40. The molecule has 29 heavy (non-hydrogen) atoms. The highest BCUT2D eigenvalue weighted by atomic mass is 32.1. The fourth-order valence-electron chi connectivity index (χ4n) is 3.79. The van der Waals surface area contributed by atoms with Gasteiger partial charge in [-0.15, -0.1) is 11.3 Å². The lowest BCUT2D eigenvalue weighted by Crippen LogP contribution is -2.52. The van der Waals surface area contributed by atoms with E-state index in [0.29, 0.717) is 13.1 Å². The lowest BCUT2D eigenvalue weighted by atomic mass is 10.2.